The van der Waals surface area contributed by atoms with Gasteiger partial charge in [0, 0.05) is 33.9 Å². The Morgan fingerprint density at radius 3 is 1.80 bits per heavy atom. The lowest BCUT2D eigenvalue weighted by molar-refractivity contribution is 0.224. The summed E-state index contributed by atoms with van der Waals surface area (Å²) < 4.78 is 6.88. The molecular weight excluding hydrogens is 428 g/mol. The zero-order chi connectivity index (χ0) is 23.2. The van der Waals surface area contributed by atoms with Gasteiger partial charge in [0.25, 0.3) is 0 Å². The summed E-state index contributed by atoms with van der Waals surface area (Å²) in [6.07, 6.45) is -0.0593. The van der Waals surface area contributed by atoms with Crippen molar-refractivity contribution in [2.75, 3.05) is 9.80 Å². The summed E-state index contributed by atoms with van der Waals surface area (Å²) in [5, 5.41) is 0. The molecule has 0 radical (unpaired) electrons. The molecule has 5 aromatic carbocycles. The van der Waals surface area contributed by atoms with E-state index < -0.39 is 0 Å². The van der Waals surface area contributed by atoms with Crippen molar-refractivity contribution >= 4 is 28.4 Å². The maximum atomic E-state index is 6.88. The number of fused-ring (bicyclic) bond motifs is 5. The van der Waals surface area contributed by atoms with Crippen LogP contribution in [0.15, 0.2) is 133 Å². The molecule has 35 heavy (non-hydrogen) atoms. The summed E-state index contributed by atoms with van der Waals surface area (Å²) in [5.41, 5.74) is 8.10. The summed E-state index contributed by atoms with van der Waals surface area (Å²) in [4.78, 5) is 4.73. The van der Waals surface area contributed by atoms with Crippen molar-refractivity contribution in [2.45, 2.75) is 12.1 Å². The molecule has 0 bridgehead atoms. The Balaban J connectivity index is 1.42. The molecule has 0 N–H and O–H groups in total. The zero-order valence-corrected chi connectivity index (χ0v) is 19.2. The lowest BCUT2D eigenvalue weighted by atomic mass is 10.0. The average Bonchev–Trinajstić information content (AvgIpc) is 3.46. The largest absolute Gasteiger partial charge is 0.481 e. The quantitative estimate of drug-likeness (QED) is 0.272. The van der Waals surface area contributed by atoms with Crippen LogP contribution in [0.3, 0.4) is 0 Å². The molecule has 0 fully saturated rings. The predicted octanol–water partition coefficient (Wildman–Crippen LogP) is 8.48. The topological polar surface area (TPSA) is 15.7 Å². The number of para-hydroxylation sites is 5. The fraction of sp³-hybridized carbons (Fsp3) is 0.0625. The average molecular weight is 453 g/mol. The van der Waals surface area contributed by atoms with E-state index in [-0.39, 0.29) is 12.1 Å². The molecule has 0 spiro atoms. The first-order chi connectivity index (χ1) is 17.4. The van der Waals surface area contributed by atoms with Gasteiger partial charge in [0.1, 0.15) is 11.8 Å². The number of hydrogen-bond acceptors (Lipinski definition) is 3. The lowest BCUT2D eigenvalue weighted by Gasteiger charge is -2.28. The minimum atomic E-state index is -0.0593. The standard InChI is InChI=1S/C32H24N2O/c1-4-13-23(14-5-1)33(24-15-6-2-7-16-24)29-22-12-20-27-30-32(35-31(27)29)26-19-10-11-21-28(26)34(30)25-17-8-3-9-18-25/h1-22,30,32H. The third kappa shape index (κ3) is 3.12. The third-order valence-electron chi connectivity index (χ3n) is 6.96. The lowest BCUT2D eigenvalue weighted by Crippen LogP contribution is -2.20. The van der Waals surface area contributed by atoms with E-state index in [0.717, 1.165) is 22.8 Å². The Morgan fingerprint density at radius 1 is 0.543 bits per heavy atom. The minimum absolute atomic E-state index is 0.0593. The number of rotatable bonds is 4. The SMILES string of the molecule is c1ccc(N(c2ccccc2)c2cccc3c2OC2c4ccccc4N(c4ccccc4)C32)cc1. The predicted molar refractivity (Wildman–Crippen MR) is 142 cm³/mol. The van der Waals surface area contributed by atoms with Gasteiger partial charge in [-0.15, -0.1) is 0 Å². The molecule has 3 nitrogen and oxygen atoms in total. The monoisotopic (exact) mass is 452 g/mol. The summed E-state index contributed by atoms with van der Waals surface area (Å²) in [5.74, 6) is 0.950. The second-order valence-corrected chi connectivity index (χ2v) is 8.95. The van der Waals surface area contributed by atoms with Gasteiger partial charge in [-0.2, -0.15) is 0 Å². The van der Waals surface area contributed by atoms with Gasteiger partial charge in [-0.3, -0.25) is 0 Å². The highest BCUT2D eigenvalue weighted by molar-refractivity contribution is 5.84. The van der Waals surface area contributed by atoms with Crippen LogP contribution >= 0.6 is 0 Å². The molecule has 0 saturated carbocycles. The van der Waals surface area contributed by atoms with Crippen LogP contribution < -0.4 is 14.5 Å². The Hall–Kier alpha value is -4.50. The van der Waals surface area contributed by atoms with Crippen molar-refractivity contribution < 1.29 is 4.74 Å². The first-order valence-electron chi connectivity index (χ1n) is 12.0. The van der Waals surface area contributed by atoms with Crippen molar-refractivity contribution in [1.82, 2.24) is 0 Å². The Bertz CT molecular complexity index is 1450. The fourth-order valence-electron chi connectivity index (χ4n) is 5.51. The summed E-state index contributed by atoms with van der Waals surface area (Å²) in [6, 6.07) is 46.9. The van der Waals surface area contributed by atoms with Crippen molar-refractivity contribution in [1.29, 1.82) is 0 Å². The van der Waals surface area contributed by atoms with Gasteiger partial charge in [-0.05, 0) is 48.5 Å². The number of benzene rings is 5. The van der Waals surface area contributed by atoms with Gasteiger partial charge < -0.3 is 14.5 Å². The number of ether oxygens (including phenoxy) is 1. The summed E-state index contributed by atoms with van der Waals surface area (Å²) in [6.45, 7) is 0. The van der Waals surface area contributed by atoms with E-state index in [2.05, 4.69) is 143 Å². The van der Waals surface area contributed by atoms with E-state index in [4.69, 9.17) is 4.74 Å². The molecule has 7 rings (SSSR count). The maximum absolute atomic E-state index is 6.88. The Labute approximate surface area is 205 Å². The highest BCUT2D eigenvalue weighted by atomic mass is 16.5. The first-order valence-corrected chi connectivity index (χ1v) is 12.0. The third-order valence-corrected chi connectivity index (χ3v) is 6.96. The van der Waals surface area contributed by atoms with Crippen molar-refractivity contribution in [3.05, 3.63) is 145 Å². The molecule has 2 heterocycles. The normalized spacial score (nSPS) is 17.3. The summed E-state index contributed by atoms with van der Waals surface area (Å²) in [7, 11) is 0. The van der Waals surface area contributed by atoms with Crippen molar-refractivity contribution in [2.24, 2.45) is 0 Å². The summed E-state index contributed by atoms with van der Waals surface area (Å²) >= 11 is 0. The molecule has 0 amide bonds. The van der Waals surface area contributed by atoms with E-state index in [1.54, 1.807) is 0 Å². The first kappa shape index (κ1) is 19.9. The zero-order valence-electron chi connectivity index (χ0n) is 19.2. The highest BCUT2D eigenvalue weighted by Crippen LogP contribution is 2.61. The molecule has 2 atom stereocenters. The van der Waals surface area contributed by atoms with Crippen LogP contribution in [0.4, 0.5) is 28.4 Å². The second-order valence-electron chi connectivity index (χ2n) is 8.95. The van der Waals surface area contributed by atoms with Gasteiger partial charge in [0.05, 0.1) is 5.69 Å². The molecule has 168 valence electrons. The molecule has 2 unspecified atom stereocenters. The van der Waals surface area contributed by atoms with Gasteiger partial charge in [0.15, 0.2) is 6.10 Å². The van der Waals surface area contributed by atoms with E-state index in [1.807, 2.05) is 0 Å². The van der Waals surface area contributed by atoms with Crippen LogP contribution in [-0.4, -0.2) is 0 Å². The molecule has 5 aromatic rings. The van der Waals surface area contributed by atoms with E-state index in [9.17, 15) is 0 Å². The molecule has 0 aliphatic carbocycles. The van der Waals surface area contributed by atoms with E-state index in [1.165, 1.54) is 22.5 Å². The second kappa shape index (κ2) is 8.07. The van der Waals surface area contributed by atoms with Crippen LogP contribution in [0, 0.1) is 0 Å². The van der Waals surface area contributed by atoms with Crippen LogP contribution in [0.5, 0.6) is 5.75 Å². The van der Waals surface area contributed by atoms with Gasteiger partial charge in [-0.1, -0.05) is 84.9 Å². The number of anilines is 5. The molecule has 0 saturated heterocycles. The molecule has 2 aliphatic rings. The highest BCUT2D eigenvalue weighted by Gasteiger charge is 2.48. The van der Waals surface area contributed by atoms with Crippen LogP contribution in [0.25, 0.3) is 0 Å². The van der Waals surface area contributed by atoms with Crippen LogP contribution in [0.2, 0.25) is 0 Å². The number of nitrogens with zero attached hydrogens (tertiary/aromatic N) is 2. The number of hydrogen-bond donors (Lipinski definition) is 0. The smallest absolute Gasteiger partial charge is 0.151 e. The van der Waals surface area contributed by atoms with Gasteiger partial charge >= 0.3 is 0 Å². The van der Waals surface area contributed by atoms with Crippen LogP contribution in [-0.2, 0) is 0 Å². The Morgan fingerprint density at radius 2 is 1.11 bits per heavy atom. The molecular formula is C32H24N2O. The maximum Gasteiger partial charge on any atom is 0.151 e. The van der Waals surface area contributed by atoms with E-state index >= 15 is 0 Å². The fourth-order valence-corrected chi connectivity index (χ4v) is 5.51. The van der Waals surface area contributed by atoms with Gasteiger partial charge in [0.2, 0.25) is 0 Å². The Kier molecular flexibility index (Phi) is 4.59. The van der Waals surface area contributed by atoms with E-state index in [0.29, 0.717) is 0 Å². The van der Waals surface area contributed by atoms with Crippen molar-refractivity contribution in [3.8, 4) is 5.75 Å². The molecule has 2 aliphatic heterocycles. The van der Waals surface area contributed by atoms with Gasteiger partial charge in [-0.25, -0.2) is 0 Å². The van der Waals surface area contributed by atoms with Crippen molar-refractivity contribution in [3.63, 3.8) is 0 Å². The molecule has 0 aromatic heterocycles. The van der Waals surface area contributed by atoms with Crippen LogP contribution in [0.1, 0.15) is 23.3 Å². The molecule has 3 heteroatoms. The minimum Gasteiger partial charge on any atom is -0.481 e.